The van der Waals surface area contributed by atoms with Gasteiger partial charge in [0.05, 0.1) is 12.3 Å². The van der Waals surface area contributed by atoms with Crippen LogP contribution in [0.3, 0.4) is 0 Å². The van der Waals surface area contributed by atoms with Crippen LogP contribution in [0.25, 0.3) is 59.3 Å². The molecule has 0 atom stereocenters. The molecule has 26 heteroatoms. The number of aromatic nitrogens is 6. The van der Waals surface area contributed by atoms with E-state index in [0.29, 0.717) is 11.4 Å². The molecular weight excluding hydrogens is 2270 g/mol. The van der Waals surface area contributed by atoms with Crippen LogP contribution in [0.5, 0.6) is 0 Å². The number of benzene rings is 7. The summed E-state index contributed by atoms with van der Waals surface area (Å²) in [6.45, 7) is 13.5. The van der Waals surface area contributed by atoms with Gasteiger partial charge < -0.3 is 55.0 Å². The van der Waals surface area contributed by atoms with Crippen LogP contribution in [0.15, 0.2) is 268 Å². The molecule has 7 aromatic carbocycles. The SMILES string of the molecule is CC(=O)C=C(C)O.CN1C=CN(c2[c-]cc(F)cc2)[CH-]1.CN1[CH-]N(c2[c-]cccc2)c2ccccc21.Fc1c[c-]c(-c2ccccn2)c(F)c1.O=C(O)c1ccccn1.[C-]#[N+]c1c(F)c[c-]c(-c2ccccn2)c1F.[Ir].[Ir].[Ir].[Ir].[Ir].[c-]1c(-c2ccccn2)sc2ccccc12.[c-]1ccccc1-c1ccn[n-]1. The average molecular weight is 2330 g/mol. The van der Waals surface area contributed by atoms with Crippen molar-refractivity contribution >= 4 is 61.6 Å². The number of aliphatic hydroxyl groups is 1. The maximum absolute atomic E-state index is 13.7. The molecule has 106 heavy (non-hydrogen) atoms. The molecule has 13 aromatic rings. The first-order valence-corrected chi connectivity index (χ1v) is 31.1. The summed E-state index contributed by atoms with van der Waals surface area (Å²) in [6, 6.07) is 79.7. The number of halogens is 5. The second-order valence-electron chi connectivity index (χ2n) is 20.8. The summed E-state index contributed by atoms with van der Waals surface area (Å²) in [5, 5.41) is 25.5. The molecule has 2 N–H and O–H groups in total. The normalized spacial score (nSPS) is 10.9. The molecule has 15 nitrogen and oxygen atoms in total. The van der Waals surface area contributed by atoms with Crippen molar-refractivity contribution in [3.05, 3.63) is 363 Å². The van der Waals surface area contributed by atoms with E-state index in [0.717, 1.165) is 51.4 Å². The summed E-state index contributed by atoms with van der Waals surface area (Å²) in [7, 11) is 3.99. The van der Waals surface area contributed by atoms with Crippen LogP contribution in [0.1, 0.15) is 24.3 Å². The molecule has 0 bridgehead atoms. The van der Waals surface area contributed by atoms with Gasteiger partial charge in [0.1, 0.15) is 5.69 Å². The summed E-state index contributed by atoms with van der Waals surface area (Å²) in [5.41, 5.74) is 7.62. The zero-order chi connectivity index (χ0) is 71.9. The molecule has 0 saturated heterocycles. The number of thiophene rings is 1. The Morgan fingerprint density at radius 2 is 1.15 bits per heavy atom. The van der Waals surface area contributed by atoms with E-state index < -0.39 is 34.9 Å². The number of fused-ring (bicyclic) bond motifs is 2. The van der Waals surface area contributed by atoms with Gasteiger partial charge in [-0.2, -0.15) is 55.3 Å². The second-order valence-corrected chi connectivity index (χ2v) is 21.9. The molecule has 6 aromatic heterocycles. The van der Waals surface area contributed by atoms with Gasteiger partial charge in [-0.1, -0.05) is 78.4 Å². The van der Waals surface area contributed by atoms with Gasteiger partial charge in [0.2, 0.25) is 0 Å². The number of anilines is 4. The molecule has 0 unspecified atom stereocenters. The van der Waals surface area contributed by atoms with Crippen LogP contribution in [-0.4, -0.2) is 66.0 Å². The summed E-state index contributed by atoms with van der Waals surface area (Å²) in [4.78, 5) is 47.9. The predicted molar refractivity (Wildman–Crippen MR) is 383 cm³/mol. The summed E-state index contributed by atoms with van der Waals surface area (Å²) < 4.78 is 66.4. The van der Waals surface area contributed by atoms with Crippen LogP contribution < -0.4 is 19.8 Å². The predicted octanol–water partition coefficient (Wildman–Crippen LogP) is 18.4. The topological polar surface area (TPSA) is 170 Å². The van der Waals surface area contributed by atoms with Crippen molar-refractivity contribution < 1.29 is 142 Å². The van der Waals surface area contributed by atoms with Gasteiger partial charge >= 0.3 is 5.97 Å². The fourth-order valence-corrected chi connectivity index (χ4v) is 9.81. The van der Waals surface area contributed by atoms with Crippen LogP contribution in [0.2, 0.25) is 0 Å². The number of hydrogen-bond acceptors (Lipinski definition) is 13. The van der Waals surface area contributed by atoms with Crippen molar-refractivity contribution in [1.82, 2.24) is 35.0 Å². The van der Waals surface area contributed by atoms with Crippen LogP contribution >= 0.6 is 11.3 Å². The Kier molecular flexibility index (Phi) is 40.7. The number of carboxylic acids is 1. The number of carbonyl (C=O) groups is 2. The average Bonchev–Trinajstić information content (AvgIpc) is 1.60. The first-order chi connectivity index (χ1) is 49.0. The van der Waals surface area contributed by atoms with E-state index in [1.165, 1.54) is 72.0 Å². The van der Waals surface area contributed by atoms with Crippen LogP contribution in [0.4, 0.5) is 50.4 Å². The molecular formula is C80H59F5Ir5N11O4S-9. The molecule has 0 fully saturated rings. The minimum Gasteiger partial charge on any atom is -0.619 e. The van der Waals surface area contributed by atoms with E-state index in [1.807, 2.05) is 115 Å². The fourth-order valence-electron chi connectivity index (χ4n) is 8.82. The van der Waals surface area contributed by atoms with E-state index in [-0.39, 0.29) is 135 Å². The van der Waals surface area contributed by atoms with E-state index >= 15 is 0 Å². The molecule has 2 aliphatic rings. The van der Waals surface area contributed by atoms with Crippen molar-refractivity contribution in [3.63, 3.8) is 0 Å². The van der Waals surface area contributed by atoms with Gasteiger partial charge in [-0.25, -0.2) is 26.8 Å². The van der Waals surface area contributed by atoms with Gasteiger partial charge in [-0.05, 0) is 110 Å². The van der Waals surface area contributed by atoms with Crippen molar-refractivity contribution in [3.8, 4) is 44.3 Å². The maximum Gasteiger partial charge on any atom is 0.354 e. The number of ketones is 1. The molecule has 0 spiro atoms. The number of hydrogen-bond donors (Lipinski definition) is 2. The monoisotopic (exact) mass is 2330 g/mol. The molecule has 8 heterocycles. The Morgan fingerprint density at radius 1 is 0.566 bits per heavy atom. The molecule has 15 rings (SSSR count). The number of nitrogens with zero attached hydrogens (tertiary/aromatic N) is 11. The standard InChI is InChI=1S/C14H12N2.C13H8NS.C12H5F2N2.C11H6F2N.C10H9FN2.C9H6N2.C6H5NO2.C5H8O2.5Ir/c1-15-11-16(12-7-3-2-4-8-12)14-10-6-5-9-13(14)15;1-2-7-12-10(5-1)9-13(15-12)11-6-3-4-8-14-11;1-15-12-9(13)6-5-8(11(12)14)10-4-2-3-7-16-10;12-8-4-5-9(10(13)7-8)11-3-1-2-6-14-11;1-12-6-7-13(8-12)10-4-2-9(11)3-5-10;1-2-4-8(5-3-1)9-6-7-10-11-9;8-6(9)5-3-1-2-4-7-5;1-4(6)3-5(2)7;;;;;/h2-7,9-11H,1H3;1-8H;2-4,6-7H;1-4,6-7H;2-4,6-8H,1H3;1-4,6-7H;1-4H,(H,8,9);3,6H,1-2H3;;;;;/q-2;3*-1;2*-2;;;;;;;. The summed E-state index contributed by atoms with van der Waals surface area (Å²) in [5.74, 6) is -4.44. The van der Waals surface area contributed by atoms with E-state index in [2.05, 4.69) is 143 Å². The molecule has 0 aliphatic carbocycles. The summed E-state index contributed by atoms with van der Waals surface area (Å²) in [6.07, 6.45) is 12.9. The molecule has 5 radical (unpaired) electrons. The second kappa shape index (κ2) is 47.7. The number of carbonyl (C=O) groups excluding carboxylic acids is 1. The summed E-state index contributed by atoms with van der Waals surface area (Å²) >= 11 is 1.73. The van der Waals surface area contributed by atoms with Crippen molar-refractivity contribution in [2.45, 2.75) is 13.8 Å². The van der Waals surface area contributed by atoms with Gasteiger partial charge in [0.15, 0.2) is 11.5 Å². The van der Waals surface area contributed by atoms with Gasteiger partial charge in [-0.15, -0.1) is 119 Å². The number of carboxylic acid groups (broad SMARTS) is 1. The quantitative estimate of drug-likeness (QED) is 0.0637. The third kappa shape index (κ3) is 28.3. The Morgan fingerprint density at radius 3 is 1.65 bits per heavy atom. The number of allylic oxidation sites excluding steroid dienone is 2. The molecule has 2 aliphatic heterocycles. The minimum atomic E-state index is -0.990. The van der Waals surface area contributed by atoms with E-state index in [9.17, 15) is 31.5 Å². The van der Waals surface area contributed by atoms with Crippen molar-refractivity contribution in [1.29, 1.82) is 0 Å². The third-order valence-corrected chi connectivity index (χ3v) is 14.5. The van der Waals surface area contributed by atoms with Crippen molar-refractivity contribution in [2.24, 2.45) is 0 Å². The Hall–Kier alpha value is -9.68. The van der Waals surface area contributed by atoms with Crippen LogP contribution in [-0.2, 0) is 105 Å². The molecule has 0 amide bonds. The number of aromatic carboxylic acids is 1. The van der Waals surface area contributed by atoms with Crippen LogP contribution in [0, 0.1) is 85.4 Å². The minimum absolute atomic E-state index is 0. The Labute approximate surface area is 683 Å². The number of para-hydroxylation sites is 3. The zero-order valence-corrected chi connectivity index (χ0v) is 68.9. The van der Waals surface area contributed by atoms with Gasteiger partial charge in [-0.3, -0.25) is 31.6 Å². The zero-order valence-electron chi connectivity index (χ0n) is 56.1. The van der Waals surface area contributed by atoms with Crippen molar-refractivity contribution in [2.75, 3.05) is 28.8 Å². The van der Waals surface area contributed by atoms with Gasteiger partial charge in [0.25, 0.3) is 0 Å². The number of pyridine rings is 4. The molecule has 553 valence electrons. The molecule has 0 saturated carbocycles. The first-order valence-electron chi connectivity index (χ1n) is 30.3. The first kappa shape index (κ1) is 90.5. The largest absolute Gasteiger partial charge is 0.619 e. The Balaban J connectivity index is 0.000000316. The smallest absolute Gasteiger partial charge is 0.354 e. The Bertz CT molecular complexity index is 4800. The number of rotatable bonds is 8. The third-order valence-electron chi connectivity index (χ3n) is 13.4. The van der Waals surface area contributed by atoms with E-state index in [1.54, 1.807) is 78.3 Å². The fraction of sp³-hybridized carbons (Fsp3) is 0.0500. The maximum atomic E-state index is 13.7. The van der Waals surface area contributed by atoms with Gasteiger partial charge in [0, 0.05) is 178 Å². The number of aliphatic hydroxyl groups excluding tert-OH is 1. The van der Waals surface area contributed by atoms with E-state index in [4.69, 9.17) is 16.8 Å².